The number of halogens is 3. The first-order valence-corrected chi connectivity index (χ1v) is 10.0. The Kier molecular flexibility index (Phi) is 5.90. The Balaban J connectivity index is 1.51. The predicted octanol–water partition coefficient (Wildman–Crippen LogP) is 4.58. The molecule has 0 radical (unpaired) electrons. The number of urea groups is 1. The lowest BCUT2D eigenvalue weighted by Gasteiger charge is -2.26. The highest BCUT2D eigenvalue weighted by Crippen LogP contribution is 2.37. The second-order valence-electron chi connectivity index (χ2n) is 7.73. The zero-order valence-electron chi connectivity index (χ0n) is 16.6. The molecule has 0 spiro atoms. The van der Waals surface area contributed by atoms with Gasteiger partial charge in [-0.3, -0.25) is 4.79 Å². The highest BCUT2D eigenvalue weighted by atomic mass is 19.4. The molecule has 2 N–H and O–H groups in total. The van der Waals surface area contributed by atoms with Gasteiger partial charge in [0, 0.05) is 30.8 Å². The standard InChI is InChI=1S/C21H22F3N3O4/c22-21(23,24)16-10-14(25-19(28)18-2-1-8-31-18)3-6-17(16)26-20(29)27(15-4-5-15)11-13-7-9-30-12-13/h1-3,6,8,10,13,15H,4-5,7,9,11-12H2,(H,25,28)(H,26,29)/t13-/m1/s1. The van der Waals surface area contributed by atoms with E-state index in [0.717, 1.165) is 31.4 Å². The summed E-state index contributed by atoms with van der Waals surface area (Å²) in [5, 5.41) is 4.78. The van der Waals surface area contributed by atoms with Crippen LogP contribution >= 0.6 is 0 Å². The number of anilines is 2. The Morgan fingerprint density at radius 2 is 1.94 bits per heavy atom. The van der Waals surface area contributed by atoms with Crippen molar-refractivity contribution in [3.05, 3.63) is 47.9 Å². The minimum atomic E-state index is -4.72. The maximum Gasteiger partial charge on any atom is 0.418 e. The number of furan rings is 1. The van der Waals surface area contributed by atoms with Gasteiger partial charge in [0.05, 0.1) is 24.1 Å². The molecule has 166 valence electrons. The number of nitrogens with one attached hydrogen (secondary N) is 2. The molecule has 1 aliphatic heterocycles. The fourth-order valence-corrected chi connectivity index (χ4v) is 3.54. The van der Waals surface area contributed by atoms with Crippen molar-refractivity contribution in [2.24, 2.45) is 5.92 Å². The van der Waals surface area contributed by atoms with Crippen LogP contribution in [-0.2, 0) is 10.9 Å². The number of rotatable bonds is 6. The molecule has 1 saturated carbocycles. The maximum atomic E-state index is 13.7. The third kappa shape index (κ3) is 5.19. The zero-order valence-corrected chi connectivity index (χ0v) is 16.6. The first-order valence-electron chi connectivity index (χ1n) is 10.0. The SMILES string of the molecule is O=C(Nc1ccc(NC(=O)N(C[C@H]2CCOC2)C2CC2)c(C(F)(F)F)c1)c1ccco1. The van der Waals surface area contributed by atoms with Gasteiger partial charge < -0.3 is 24.7 Å². The van der Waals surface area contributed by atoms with Crippen LogP contribution in [0.5, 0.6) is 0 Å². The number of nitrogens with zero attached hydrogens (tertiary/aromatic N) is 1. The molecule has 4 rings (SSSR count). The quantitative estimate of drug-likeness (QED) is 0.693. The Hall–Kier alpha value is -3.01. The number of alkyl halides is 3. The van der Waals surface area contributed by atoms with Crippen molar-refractivity contribution in [1.29, 1.82) is 0 Å². The van der Waals surface area contributed by atoms with Crippen molar-refractivity contribution in [3.8, 4) is 0 Å². The number of hydrogen-bond donors (Lipinski definition) is 2. The average molecular weight is 437 g/mol. The summed E-state index contributed by atoms with van der Waals surface area (Å²) in [5.41, 5.74) is -1.46. The molecule has 1 aliphatic carbocycles. The Labute approximate surface area is 176 Å². The van der Waals surface area contributed by atoms with Crippen LogP contribution in [0.15, 0.2) is 41.0 Å². The summed E-state index contributed by atoms with van der Waals surface area (Å²) < 4.78 is 51.3. The largest absolute Gasteiger partial charge is 0.459 e. The van der Waals surface area contributed by atoms with E-state index in [9.17, 15) is 22.8 Å². The van der Waals surface area contributed by atoms with E-state index >= 15 is 0 Å². The molecule has 31 heavy (non-hydrogen) atoms. The molecule has 1 atom stereocenters. The molecule has 2 aromatic rings. The van der Waals surface area contributed by atoms with Gasteiger partial charge in [-0.2, -0.15) is 13.2 Å². The van der Waals surface area contributed by atoms with E-state index in [1.54, 1.807) is 4.90 Å². The first kappa shape index (κ1) is 21.2. The van der Waals surface area contributed by atoms with Gasteiger partial charge in [-0.1, -0.05) is 0 Å². The van der Waals surface area contributed by atoms with Crippen molar-refractivity contribution < 1.29 is 31.9 Å². The van der Waals surface area contributed by atoms with E-state index in [2.05, 4.69) is 10.6 Å². The van der Waals surface area contributed by atoms with Gasteiger partial charge in [0.2, 0.25) is 0 Å². The van der Waals surface area contributed by atoms with E-state index in [0.29, 0.717) is 19.8 Å². The zero-order chi connectivity index (χ0) is 22.0. The molecule has 2 fully saturated rings. The van der Waals surface area contributed by atoms with Crippen LogP contribution in [0, 0.1) is 5.92 Å². The third-order valence-corrected chi connectivity index (χ3v) is 5.30. The normalized spacial score (nSPS) is 18.6. The predicted molar refractivity (Wildman–Crippen MR) is 106 cm³/mol. The lowest BCUT2D eigenvalue weighted by molar-refractivity contribution is -0.136. The van der Waals surface area contributed by atoms with E-state index in [1.165, 1.54) is 24.5 Å². The number of carbonyl (C=O) groups is 2. The van der Waals surface area contributed by atoms with Crippen LogP contribution in [0.2, 0.25) is 0 Å². The summed E-state index contributed by atoms with van der Waals surface area (Å²) in [6, 6.07) is 5.62. The molecule has 3 amide bonds. The topological polar surface area (TPSA) is 83.8 Å². The molecular formula is C21H22F3N3O4. The summed E-state index contributed by atoms with van der Waals surface area (Å²) in [6.45, 7) is 1.64. The van der Waals surface area contributed by atoms with Crippen molar-refractivity contribution in [2.45, 2.75) is 31.5 Å². The van der Waals surface area contributed by atoms with E-state index in [1.807, 2.05) is 0 Å². The van der Waals surface area contributed by atoms with Crippen LogP contribution in [-0.4, -0.2) is 42.6 Å². The number of benzene rings is 1. The number of carbonyl (C=O) groups excluding carboxylic acids is 2. The fourth-order valence-electron chi connectivity index (χ4n) is 3.54. The molecule has 1 aromatic carbocycles. The molecule has 2 heterocycles. The third-order valence-electron chi connectivity index (χ3n) is 5.30. The summed E-state index contributed by atoms with van der Waals surface area (Å²) in [5.74, 6) is -0.511. The van der Waals surface area contributed by atoms with Gasteiger partial charge in [-0.05, 0) is 49.6 Å². The van der Waals surface area contributed by atoms with Crippen LogP contribution in [0.25, 0.3) is 0 Å². The molecule has 0 unspecified atom stereocenters. The lowest BCUT2D eigenvalue weighted by atomic mass is 10.1. The first-order chi connectivity index (χ1) is 14.8. The minimum absolute atomic E-state index is 0.0260. The molecule has 0 bridgehead atoms. The van der Waals surface area contributed by atoms with Crippen LogP contribution < -0.4 is 10.6 Å². The van der Waals surface area contributed by atoms with Crippen molar-refractivity contribution in [2.75, 3.05) is 30.4 Å². The smallest absolute Gasteiger partial charge is 0.418 e. The molecule has 1 saturated heterocycles. The van der Waals surface area contributed by atoms with Crippen molar-refractivity contribution in [3.63, 3.8) is 0 Å². The molecule has 2 aliphatic rings. The molecule has 7 nitrogen and oxygen atoms in total. The highest BCUT2D eigenvalue weighted by molar-refractivity contribution is 6.02. The number of ether oxygens (including phenoxy) is 1. The number of amides is 3. The van der Waals surface area contributed by atoms with E-state index < -0.39 is 23.7 Å². The van der Waals surface area contributed by atoms with E-state index in [-0.39, 0.29) is 29.1 Å². The second kappa shape index (κ2) is 8.62. The van der Waals surface area contributed by atoms with Gasteiger partial charge in [0.25, 0.3) is 5.91 Å². The monoisotopic (exact) mass is 437 g/mol. The maximum absolute atomic E-state index is 13.7. The van der Waals surface area contributed by atoms with Gasteiger partial charge in [-0.15, -0.1) is 0 Å². The summed E-state index contributed by atoms with van der Waals surface area (Å²) in [6.07, 6.45) is -0.931. The summed E-state index contributed by atoms with van der Waals surface area (Å²) in [4.78, 5) is 26.5. The van der Waals surface area contributed by atoms with Crippen LogP contribution in [0.3, 0.4) is 0 Å². The Bertz CT molecular complexity index is 936. The fraction of sp³-hybridized carbons (Fsp3) is 0.429. The molecular weight excluding hydrogens is 415 g/mol. The highest BCUT2D eigenvalue weighted by Gasteiger charge is 2.38. The van der Waals surface area contributed by atoms with Crippen LogP contribution in [0.1, 0.15) is 35.4 Å². The average Bonchev–Trinajstić information content (AvgIpc) is 3.18. The summed E-state index contributed by atoms with van der Waals surface area (Å²) >= 11 is 0. The van der Waals surface area contributed by atoms with Gasteiger partial charge in [0.15, 0.2) is 5.76 Å². The van der Waals surface area contributed by atoms with Crippen molar-refractivity contribution in [1.82, 2.24) is 4.90 Å². The number of hydrogen-bond acceptors (Lipinski definition) is 4. The van der Waals surface area contributed by atoms with Crippen molar-refractivity contribution >= 4 is 23.3 Å². The Morgan fingerprint density at radius 3 is 2.55 bits per heavy atom. The van der Waals surface area contributed by atoms with Crippen LogP contribution in [0.4, 0.5) is 29.3 Å². The summed E-state index contributed by atoms with van der Waals surface area (Å²) in [7, 11) is 0. The Morgan fingerprint density at radius 1 is 1.13 bits per heavy atom. The van der Waals surface area contributed by atoms with Gasteiger partial charge in [-0.25, -0.2) is 4.79 Å². The minimum Gasteiger partial charge on any atom is -0.459 e. The van der Waals surface area contributed by atoms with Gasteiger partial charge in [0.1, 0.15) is 0 Å². The lowest BCUT2D eigenvalue weighted by Crippen LogP contribution is -2.40. The van der Waals surface area contributed by atoms with Gasteiger partial charge >= 0.3 is 12.2 Å². The molecule has 1 aromatic heterocycles. The van der Waals surface area contributed by atoms with E-state index in [4.69, 9.17) is 9.15 Å². The molecule has 10 heteroatoms. The second-order valence-corrected chi connectivity index (χ2v) is 7.73.